The number of hydrogen-bond donors (Lipinski definition) is 1. The minimum absolute atomic E-state index is 0.687. The summed E-state index contributed by atoms with van der Waals surface area (Å²) >= 11 is 0. The van der Waals surface area contributed by atoms with Gasteiger partial charge in [-0.05, 0) is 53.2 Å². The lowest BCUT2D eigenvalue weighted by Gasteiger charge is -2.28. The van der Waals surface area contributed by atoms with Gasteiger partial charge >= 0.3 is 0 Å². The molecular formula is C12H24N2. The first-order chi connectivity index (χ1) is 6.65. The fourth-order valence-corrected chi connectivity index (χ4v) is 1.94. The molecule has 0 spiro atoms. The molecule has 1 aliphatic carbocycles. The van der Waals surface area contributed by atoms with Gasteiger partial charge in [0.2, 0.25) is 0 Å². The maximum absolute atomic E-state index is 4.02. The highest BCUT2D eigenvalue weighted by Gasteiger charge is 2.30. The van der Waals surface area contributed by atoms with E-state index in [4.69, 9.17) is 0 Å². The molecule has 82 valence electrons. The van der Waals surface area contributed by atoms with Crippen molar-refractivity contribution in [2.45, 2.75) is 44.7 Å². The molecule has 1 rings (SSSR count). The maximum Gasteiger partial charge on any atom is 0.0144 e. The fourth-order valence-electron chi connectivity index (χ4n) is 1.94. The van der Waals surface area contributed by atoms with Crippen LogP contribution >= 0.6 is 0 Å². The zero-order valence-electron chi connectivity index (χ0n) is 9.84. The number of hydrogen-bond acceptors (Lipinski definition) is 2. The van der Waals surface area contributed by atoms with Gasteiger partial charge in [-0.15, -0.1) is 6.58 Å². The van der Waals surface area contributed by atoms with E-state index in [1.165, 1.54) is 24.8 Å². The Morgan fingerprint density at radius 2 is 2.21 bits per heavy atom. The Bertz CT molecular complexity index is 185. The van der Waals surface area contributed by atoms with E-state index >= 15 is 0 Å². The van der Waals surface area contributed by atoms with Crippen LogP contribution in [0.4, 0.5) is 0 Å². The predicted octanol–water partition coefficient (Wildman–Crippen LogP) is 2.02. The zero-order chi connectivity index (χ0) is 10.6. The SMILES string of the molecule is C=C(C)CC(CCNC)N(C)C1CC1. The highest BCUT2D eigenvalue weighted by atomic mass is 15.2. The summed E-state index contributed by atoms with van der Waals surface area (Å²) in [6, 6.07) is 1.55. The minimum Gasteiger partial charge on any atom is -0.320 e. The van der Waals surface area contributed by atoms with Crippen molar-refractivity contribution < 1.29 is 0 Å². The molecule has 1 N–H and O–H groups in total. The third kappa shape index (κ3) is 3.81. The lowest BCUT2D eigenvalue weighted by atomic mass is 10.0. The molecule has 2 heteroatoms. The van der Waals surface area contributed by atoms with Crippen LogP contribution in [0.25, 0.3) is 0 Å². The third-order valence-corrected chi connectivity index (χ3v) is 3.01. The van der Waals surface area contributed by atoms with Crippen molar-refractivity contribution in [3.8, 4) is 0 Å². The van der Waals surface area contributed by atoms with E-state index in [0.29, 0.717) is 6.04 Å². The molecular weight excluding hydrogens is 172 g/mol. The van der Waals surface area contributed by atoms with Crippen molar-refractivity contribution in [2.24, 2.45) is 0 Å². The first-order valence-corrected chi connectivity index (χ1v) is 5.66. The lowest BCUT2D eigenvalue weighted by molar-refractivity contribution is 0.218. The first-order valence-electron chi connectivity index (χ1n) is 5.66. The second-order valence-electron chi connectivity index (χ2n) is 4.60. The average Bonchev–Trinajstić information content (AvgIpc) is 2.93. The smallest absolute Gasteiger partial charge is 0.0144 e. The minimum atomic E-state index is 0.687. The molecule has 1 saturated carbocycles. The standard InChI is InChI=1S/C12H24N2/c1-10(2)9-12(7-8-13-3)14(4)11-5-6-11/h11-13H,1,5-9H2,2-4H3. The van der Waals surface area contributed by atoms with E-state index < -0.39 is 0 Å². The van der Waals surface area contributed by atoms with Crippen LogP contribution < -0.4 is 5.32 Å². The van der Waals surface area contributed by atoms with Gasteiger partial charge in [-0.1, -0.05) is 5.57 Å². The topological polar surface area (TPSA) is 15.3 Å². The Morgan fingerprint density at radius 1 is 1.57 bits per heavy atom. The maximum atomic E-state index is 4.02. The molecule has 0 amide bonds. The van der Waals surface area contributed by atoms with Crippen LogP contribution in [0.2, 0.25) is 0 Å². The number of nitrogens with one attached hydrogen (secondary N) is 1. The van der Waals surface area contributed by atoms with E-state index in [9.17, 15) is 0 Å². The summed E-state index contributed by atoms with van der Waals surface area (Å²) in [6.45, 7) is 7.26. The van der Waals surface area contributed by atoms with Crippen LogP contribution in [0.15, 0.2) is 12.2 Å². The normalized spacial score (nSPS) is 18.6. The average molecular weight is 196 g/mol. The molecule has 0 bridgehead atoms. The summed E-state index contributed by atoms with van der Waals surface area (Å²) in [6.07, 6.45) is 5.16. The fraction of sp³-hybridized carbons (Fsp3) is 0.833. The van der Waals surface area contributed by atoms with Gasteiger partial charge in [0.25, 0.3) is 0 Å². The molecule has 0 aromatic carbocycles. The van der Waals surface area contributed by atoms with Gasteiger partial charge in [0.15, 0.2) is 0 Å². The van der Waals surface area contributed by atoms with E-state index in [2.05, 4.69) is 30.8 Å². The van der Waals surface area contributed by atoms with E-state index in [1.54, 1.807) is 0 Å². The van der Waals surface area contributed by atoms with Crippen LogP contribution in [0, 0.1) is 0 Å². The van der Waals surface area contributed by atoms with Gasteiger partial charge < -0.3 is 10.2 Å². The van der Waals surface area contributed by atoms with Crippen LogP contribution in [-0.2, 0) is 0 Å². The third-order valence-electron chi connectivity index (χ3n) is 3.01. The zero-order valence-corrected chi connectivity index (χ0v) is 9.84. The molecule has 0 heterocycles. The Labute approximate surface area is 88.4 Å². The molecule has 1 aliphatic rings. The van der Waals surface area contributed by atoms with Crippen LogP contribution in [0.3, 0.4) is 0 Å². The van der Waals surface area contributed by atoms with E-state index in [-0.39, 0.29) is 0 Å². The highest BCUT2D eigenvalue weighted by molar-refractivity contribution is 4.96. The summed E-state index contributed by atoms with van der Waals surface area (Å²) in [5, 5.41) is 3.23. The molecule has 0 aliphatic heterocycles. The quantitative estimate of drug-likeness (QED) is 0.627. The summed E-state index contributed by atoms with van der Waals surface area (Å²) in [4.78, 5) is 2.55. The highest BCUT2D eigenvalue weighted by Crippen LogP contribution is 2.29. The molecule has 1 atom stereocenters. The summed E-state index contributed by atoms with van der Waals surface area (Å²) in [7, 11) is 4.29. The van der Waals surface area contributed by atoms with Crippen molar-refractivity contribution in [3.63, 3.8) is 0 Å². The Hall–Kier alpha value is -0.340. The summed E-state index contributed by atoms with van der Waals surface area (Å²) in [5.41, 5.74) is 1.30. The molecule has 0 radical (unpaired) electrons. The largest absolute Gasteiger partial charge is 0.320 e. The van der Waals surface area contributed by atoms with E-state index in [0.717, 1.165) is 19.0 Å². The van der Waals surface area contributed by atoms with E-state index in [1.807, 2.05) is 7.05 Å². The monoisotopic (exact) mass is 196 g/mol. The van der Waals surface area contributed by atoms with Crippen molar-refractivity contribution in [3.05, 3.63) is 12.2 Å². The van der Waals surface area contributed by atoms with Gasteiger partial charge in [0, 0.05) is 12.1 Å². The van der Waals surface area contributed by atoms with Crippen LogP contribution in [0.1, 0.15) is 32.6 Å². The summed E-state index contributed by atoms with van der Waals surface area (Å²) in [5.74, 6) is 0. The molecule has 1 fully saturated rings. The van der Waals surface area contributed by atoms with Gasteiger partial charge in [-0.2, -0.15) is 0 Å². The van der Waals surface area contributed by atoms with Crippen molar-refractivity contribution in [2.75, 3.05) is 20.6 Å². The lowest BCUT2D eigenvalue weighted by Crippen LogP contribution is -2.35. The Balaban J connectivity index is 2.37. The number of rotatable bonds is 7. The molecule has 0 aromatic heterocycles. The Morgan fingerprint density at radius 3 is 2.64 bits per heavy atom. The Kier molecular flexibility index (Phi) is 4.63. The molecule has 14 heavy (non-hydrogen) atoms. The van der Waals surface area contributed by atoms with Crippen LogP contribution in [-0.4, -0.2) is 37.6 Å². The number of nitrogens with zero attached hydrogens (tertiary/aromatic N) is 1. The second kappa shape index (κ2) is 5.52. The molecule has 0 saturated heterocycles. The van der Waals surface area contributed by atoms with Gasteiger partial charge in [0.05, 0.1) is 0 Å². The van der Waals surface area contributed by atoms with Crippen molar-refractivity contribution >= 4 is 0 Å². The van der Waals surface area contributed by atoms with Gasteiger partial charge in [0.1, 0.15) is 0 Å². The molecule has 1 unspecified atom stereocenters. The van der Waals surface area contributed by atoms with Crippen LogP contribution in [0.5, 0.6) is 0 Å². The molecule has 2 nitrogen and oxygen atoms in total. The first kappa shape index (κ1) is 11.7. The van der Waals surface area contributed by atoms with Crippen molar-refractivity contribution in [1.29, 1.82) is 0 Å². The van der Waals surface area contributed by atoms with Gasteiger partial charge in [-0.3, -0.25) is 0 Å². The summed E-state index contributed by atoms with van der Waals surface area (Å²) < 4.78 is 0. The van der Waals surface area contributed by atoms with Crippen molar-refractivity contribution in [1.82, 2.24) is 10.2 Å². The molecule has 0 aromatic rings. The predicted molar refractivity (Wildman–Crippen MR) is 62.5 cm³/mol. The second-order valence-corrected chi connectivity index (χ2v) is 4.60. The van der Waals surface area contributed by atoms with Gasteiger partial charge in [-0.25, -0.2) is 0 Å².